The Morgan fingerprint density at radius 3 is 2.28 bits per heavy atom. The van der Waals surface area contributed by atoms with Crippen LogP contribution in [-0.4, -0.2) is 30.0 Å². The predicted octanol–water partition coefficient (Wildman–Crippen LogP) is 4.79. The number of likely N-dealkylation sites (tertiary alicyclic amines) is 1. The third-order valence-corrected chi connectivity index (χ3v) is 5.59. The molecule has 1 fully saturated rings. The number of thiocarbonyl (C=S) groups is 1. The minimum atomic E-state index is 0. The summed E-state index contributed by atoms with van der Waals surface area (Å²) in [6.45, 7) is 3.28. The normalized spacial score (nSPS) is 17.2. The molecule has 1 N–H and O–H groups in total. The van der Waals surface area contributed by atoms with Crippen molar-refractivity contribution in [1.82, 2.24) is 10.2 Å². The largest absolute Gasteiger partial charge is 0.372 e. The number of nitrogens with zero attached hydrogens (tertiary/aromatic N) is 1. The van der Waals surface area contributed by atoms with Gasteiger partial charge in [0.2, 0.25) is 0 Å². The second kappa shape index (κ2) is 8.50. The SMILES string of the molecule is CN1CCC(c2ccc(-c3ccc4c(c3)C(=S)NC4)cc2)CC1.Cl.Cl. The van der Waals surface area contributed by atoms with Crippen molar-refractivity contribution in [3.8, 4) is 11.1 Å². The zero-order chi connectivity index (χ0) is 15.8. The van der Waals surface area contributed by atoms with E-state index in [4.69, 9.17) is 12.2 Å². The fourth-order valence-corrected chi connectivity index (χ4v) is 3.94. The summed E-state index contributed by atoms with van der Waals surface area (Å²) in [5, 5.41) is 3.25. The Hall–Kier alpha value is -1.13. The summed E-state index contributed by atoms with van der Waals surface area (Å²) in [6.07, 6.45) is 2.54. The van der Waals surface area contributed by atoms with E-state index < -0.39 is 0 Å². The molecule has 25 heavy (non-hydrogen) atoms. The van der Waals surface area contributed by atoms with Crippen LogP contribution in [0, 0.1) is 0 Å². The second-order valence-electron chi connectivity index (χ2n) is 6.75. The van der Waals surface area contributed by atoms with Gasteiger partial charge in [0, 0.05) is 12.1 Å². The van der Waals surface area contributed by atoms with Crippen LogP contribution in [0.5, 0.6) is 0 Å². The molecule has 0 saturated carbocycles. The minimum Gasteiger partial charge on any atom is -0.372 e. The van der Waals surface area contributed by atoms with E-state index in [2.05, 4.69) is 59.7 Å². The van der Waals surface area contributed by atoms with Gasteiger partial charge in [0.1, 0.15) is 4.99 Å². The van der Waals surface area contributed by atoms with E-state index in [1.165, 1.54) is 53.7 Å². The molecule has 2 aromatic rings. The van der Waals surface area contributed by atoms with Gasteiger partial charge in [-0.3, -0.25) is 0 Å². The lowest BCUT2D eigenvalue weighted by Gasteiger charge is -2.29. The number of piperidine rings is 1. The van der Waals surface area contributed by atoms with Crippen LogP contribution in [0.15, 0.2) is 42.5 Å². The average Bonchev–Trinajstić information content (AvgIpc) is 2.96. The van der Waals surface area contributed by atoms with Crippen molar-refractivity contribution >= 4 is 42.0 Å². The summed E-state index contributed by atoms with van der Waals surface area (Å²) in [4.78, 5) is 3.30. The maximum atomic E-state index is 5.38. The van der Waals surface area contributed by atoms with Crippen LogP contribution in [0.4, 0.5) is 0 Å². The van der Waals surface area contributed by atoms with Gasteiger partial charge in [0.15, 0.2) is 0 Å². The average molecular weight is 395 g/mol. The fourth-order valence-electron chi connectivity index (χ4n) is 3.68. The first-order chi connectivity index (χ1) is 11.2. The molecule has 0 aromatic heterocycles. The van der Waals surface area contributed by atoms with Crippen molar-refractivity contribution in [2.75, 3.05) is 20.1 Å². The van der Waals surface area contributed by atoms with Gasteiger partial charge in [0.25, 0.3) is 0 Å². The second-order valence-corrected chi connectivity index (χ2v) is 7.16. The molecule has 2 nitrogen and oxygen atoms in total. The molecule has 4 rings (SSSR count). The van der Waals surface area contributed by atoms with Crippen LogP contribution in [-0.2, 0) is 6.54 Å². The zero-order valence-corrected chi connectivity index (χ0v) is 16.8. The Kier molecular flexibility index (Phi) is 6.86. The van der Waals surface area contributed by atoms with Crippen LogP contribution in [0.3, 0.4) is 0 Å². The van der Waals surface area contributed by atoms with E-state index >= 15 is 0 Å². The van der Waals surface area contributed by atoms with Gasteiger partial charge < -0.3 is 10.2 Å². The van der Waals surface area contributed by atoms with Gasteiger partial charge in [-0.1, -0.05) is 48.6 Å². The van der Waals surface area contributed by atoms with Crippen LogP contribution in [0.2, 0.25) is 0 Å². The molecule has 2 aliphatic rings. The molecule has 0 aliphatic carbocycles. The summed E-state index contributed by atoms with van der Waals surface area (Å²) in [5.74, 6) is 0.719. The Bertz CT molecular complexity index is 738. The van der Waals surface area contributed by atoms with Crippen molar-refractivity contribution < 1.29 is 0 Å². The first kappa shape index (κ1) is 20.2. The molecule has 2 aliphatic heterocycles. The van der Waals surface area contributed by atoms with Crippen LogP contribution in [0.1, 0.15) is 35.4 Å². The Morgan fingerprint density at radius 1 is 0.960 bits per heavy atom. The van der Waals surface area contributed by atoms with Crippen molar-refractivity contribution in [1.29, 1.82) is 0 Å². The molecule has 0 spiro atoms. The van der Waals surface area contributed by atoms with Gasteiger partial charge in [-0.15, -0.1) is 24.8 Å². The van der Waals surface area contributed by atoms with Crippen LogP contribution >= 0.6 is 37.0 Å². The zero-order valence-electron chi connectivity index (χ0n) is 14.3. The number of halogens is 2. The predicted molar refractivity (Wildman–Crippen MR) is 114 cm³/mol. The first-order valence-electron chi connectivity index (χ1n) is 8.41. The van der Waals surface area contributed by atoms with Crippen LogP contribution < -0.4 is 5.32 Å². The smallest absolute Gasteiger partial charge is 0.107 e. The summed E-state index contributed by atoms with van der Waals surface area (Å²) in [5.41, 5.74) is 6.52. The molecule has 134 valence electrons. The van der Waals surface area contributed by atoms with E-state index in [0.29, 0.717) is 0 Å². The topological polar surface area (TPSA) is 15.3 Å². The monoisotopic (exact) mass is 394 g/mol. The van der Waals surface area contributed by atoms with Crippen LogP contribution in [0.25, 0.3) is 11.1 Å². The summed E-state index contributed by atoms with van der Waals surface area (Å²) >= 11 is 5.38. The highest BCUT2D eigenvalue weighted by Crippen LogP contribution is 2.30. The van der Waals surface area contributed by atoms with Crippen molar-refractivity contribution in [3.05, 3.63) is 59.2 Å². The van der Waals surface area contributed by atoms with E-state index in [0.717, 1.165) is 17.5 Å². The standard InChI is InChI=1S/C20H22N2S.2ClH/c1-22-10-8-16(9-11-22)14-2-4-15(5-3-14)17-6-7-18-13-21-20(23)19(18)12-17;;/h2-7,12,16H,8-11,13H2,1H3,(H,21,23);2*1H. The quantitative estimate of drug-likeness (QED) is 0.737. The van der Waals surface area contributed by atoms with E-state index in [1.807, 2.05) is 0 Å². The van der Waals surface area contributed by atoms with Gasteiger partial charge in [-0.25, -0.2) is 0 Å². The maximum absolute atomic E-state index is 5.38. The lowest BCUT2D eigenvalue weighted by Crippen LogP contribution is -2.29. The summed E-state index contributed by atoms with van der Waals surface area (Å²) in [7, 11) is 2.21. The molecular weight excluding hydrogens is 371 g/mol. The van der Waals surface area contributed by atoms with E-state index in [-0.39, 0.29) is 24.8 Å². The lowest BCUT2D eigenvalue weighted by molar-refractivity contribution is 0.255. The lowest BCUT2D eigenvalue weighted by atomic mass is 9.88. The number of fused-ring (bicyclic) bond motifs is 1. The number of nitrogens with one attached hydrogen (secondary N) is 1. The number of hydrogen-bond donors (Lipinski definition) is 1. The molecule has 1 saturated heterocycles. The van der Waals surface area contributed by atoms with Gasteiger partial charge in [0.05, 0.1) is 0 Å². The first-order valence-corrected chi connectivity index (χ1v) is 8.81. The van der Waals surface area contributed by atoms with Gasteiger partial charge in [-0.05, 0) is 67.2 Å². The number of benzene rings is 2. The molecular formula is C20H24Cl2N2S. The fraction of sp³-hybridized carbons (Fsp3) is 0.350. The molecule has 2 heterocycles. The number of rotatable bonds is 2. The molecule has 0 radical (unpaired) electrons. The van der Waals surface area contributed by atoms with Crippen molar-refractivity contribution in [2.45, 2.75) is 25.3 Å². The van der Waals surface area contributed by atoms with Gasteiger partial charge >= 0.3 is 0 Å². The maximum Gasteiger partial charge on any atom is 0.107 e. The van der Waals surface area contributed by atoms with E-state index in [9.17, 15) is 0 Å². The number of hydrogen-bond acceptors (Lipinski definition) is 2. The van der Waals surface area contributed by atoms with E-state index in [1.54, 1.807) is 0 Å². The van der Waals surface area contributed by atoms with Crippen molar-refractivity contribution in [3.63, 3.8) is 0 Å². The minimum absolute atomic E-state index is 0. The molecule has 0 unspecified atom stereocenters. The Labute approximate surface area is 167 Å². The molecule has 0 bridgehead atoms. The third-order valence-electron chi connectivity index (χ3n) is 5.23. The summed E-state index contributed by atoms with van der Waals surface area (Å²) in [6, 6.07) is 15.8. The third kappa shape index (κ3) is 4.17. The Balaban J connectivity index is 0.00000113. The highest BCUT2D eigenvalue weighted by Gasteiger charge is 2.19. The molecule has 0 amide bonds. The molecule has 5 heteroatoms. The summed E-state index contributed by atoms with van der Waals surface area (Å²) < 4.78 is 0. The highest BCUT2D eigenvalue weighted by atomic mass is 35.5. The molecule has 2 aromatic carbocycles. The van der Waals surface area contributed by atoms with Gasteiger partial charge in [-0.2, -0.15) is 0 Å². The molecule has 0 atom stereocenters. The highest BCUT2D eigenvalue weighted by molar-refractivity contribution is 7.80. The Morgan fingerprint density at radius 2 is 1.60 bits per heavy atom. The van der Waals surface area contributed by atoms with Crippen molar-refractivity contribution in [2.24, 2.45) is 0 Å².